The molecule has 0 bridgehead atoms. The van der Waals surface area contributed by atoms with Crippen LogP contribution < -0.4 is 14.4 Å². The fraction of sp³-hybridized carbons (Fsp3) is 0.400. The van der Waals surface area contributed by atoms with Crippen LogP contribution in [0.3, 0.4) is 0 Å². The van der Waals surface area contributed by atoms with Gasteiger partial charge in [-0.05, 0) is 54.2 Å². The summed E-state index contributed by atoms with van der Waals surface area (Å²) in [6, 6.07) is 10.2. The van der Waals surface area contributed by atoms with E-state index in [1.165, 1.54) is 0 Å². The van der Waals surface area contributed by atoms with Gasteiger partial charge in [0.25, 0.3) is 0 Å². The molecule has 2 aromatic carbocycles. The molecule has 7 nitrogen and oxygen atoms in total. The van der Waals surface area contributed by atoms with E-state index in [1.807, 2.05) is 31.0 Å². The minimum Gasteiger partial charge on any atom is -0.507 e. The lowest BCUT2D eigenvalue weighted by Crippen LogP contribution is -2.45. The molecule has 0 amide bonds. The highest BCUT2D eigenvalue weighted by atomic mass is 19.1. The summed E-state index contributed by atoms with van der Waals surface area (Å²) in [5.74, 6) is 1.72. The number of phenols is 1. The van der Waals surface area contributed by atoms with E-state index in [1.54, 1.807) is 30.5 Å². The molecule has 1 aromatic heterocycles. The van der Waals surface area contributed by atoms with E-state index in [2.05, 4.69) is 15.2 Å². The Morgan fingerprint density at radius 3 is 2.54 bits per heavy atom. The first-order valence-corrected chi connectivity index (χ1v) is 11.8. The van der Waals surface area contributed by atoms with Crippen LogP contribution in [0, 0.1) is 5.92 Å². The van der Waals surface area contributed by atoms with Gasteiger partial charge in [-0.1, -0.05) is 31.9 Å². The molecule has 2 heterocycles. The smallest absolute Gasteiger partial charge is 0.185 e. The number of rotatable bonds is 5. The van der Waals surface area contributed by atoms with Crippen LogP contribution in [0.2, 0.25) is 0 Å². The second-order valence-corrected chi connectivity index (χ2v) is 9.18. The summed E-state index contributed by atoms with van der Waals surface area (Å²) in [7, 11) is 13.2. The molecule has 176 valence electrons. The van der Waals surface area contributed by atoms with Gasteiger partial charge in [0.15, 0.2) is 44.4 Å². The number of aromatic hydroxyl groups is 1. The third-order valence-corrected chi connectivity index (χ3v) is 6.88. The van der Waals surface area contributed by atoms with Crippen molar-refractivity contribution in [3.63, 3.8) is 0 Å². The Morgan fingerprint density at radius 2 is 1.83 bits per heavy atom. The minimum absolute atomic E-state index is 0.00282. The van der Waals surface area contributed by atoms with Crippen LogP contribution in [0.15, 0.2) is 42.6 Å². The lowest BCUT2D eigenvalue weighted by atomic mass is 9.76. The highest BCUT2D eigenvalue weighted by molar-refractivity contribution is 6.38. The van der Waals surface area contributed by atoms with Crippen LogP contribution in [0.4, 0.5) is 10.2 Å². The van der Waals surface area contributed by atoms with Crippen LogP contribution in [-0.2, 0) is 0 Å². The molecule has 1 fully saturated rings. The number of hydrogen-bond acceptors (Lipinski definition) is 7. The van der Waals surface area contributed by atoms with Crippen molar-refractivity contribution in [3.05, 3.63) is 42.6 Å². The first-order valence-electron chi connectivity index (χ1n) is 11.8. The highest BCUT2D eigenvalue weighted by Gasteiger charge is 2.35. The summed E-state index contributed by atoms with van der Waals surface area (Å²) >= 11 is 0. The Labute approximate surface area is 206 Å². The molecular formula is C25H25B2FN4O3. The fourth-order valence-corrected chi connectivity index (χ4v) is 4.90. The molecule has 4 radical (unpaired) electrons. The van der Waals surface area contributed by atoms with E-state index in [4.69, 9.17) is 25.2 Å². The quantitative estimate of drug-likeness (QED) is 0.566. The molecule has 2 aliphatic rings. The van der Waals surface area contributed by atoms with E-state index in [-0.39, 0.29) is 23.5 Å². The summed E-state index contributed by atoms with van der Waals surface area (Å²) in [4.78, 5) is 6.22. The van der Waals surface area contributed by atoms with Gasteiger partial charge in [0.05, 0.1) is 17.8 Å². The second-order valence-electron chi connectivity index (χ2n) is 9.18. The van der Waals surface area contributed by atoms with Crippen LogP contribution in [-0.4, -0.2) is 60.8 Å². The topological polar surface area (TPSA) is 80.6 Å². The predicted molar refractivity (Wildman–Crippen MR) is 133 cm³/mol. The Hall–Kier alpha value is -3.29. The molecular weight excluding hydrogens is 445 g/mol. The van der Waals surface area contributed by atoms with Gasteiger partial charge in [-0.3, -0.25) is 0 Å². The predicted octanol–water partition coefficient (Wildman–Crippen LogP) is 3.98. The molecule has 5 rings (SSSR count). The standard InChI is InChI=1S/C25H25B2FN4O3/c1-3-14-5-4-6-18(23(14)28)32(2)22-13-29-24(31-30-22)17-9-7-15(11-19(17)33)16-8-10-20-21(12-16)35-25(26,27)34-20/h7-14,18,23,33H,3-6H2,1-2H3/t14-,18+,23-/m1/s1. The van der Waals surface area contributed by atoms with E-state index in [0.717, 1.165) is 36.8 Å². The van der Waals surface area contributed by atoms with Crippen molar-refractivity contribution >= 4 is 21.5 Å². The molecule has 10 heteroatoms. The molecule has 1 aliphatic heterocycles. The molecule has 0 saturated heterocycles. The highest BCUT2D eigenvalue weighted by Crippen LogP contribution is 2.41. The third-order valence-electron chi connectivity index (χ3n) is 6.88. The molecule has 1 N–H and O–H groups in total. The average Bonchev–Trinajstić information content (AvgIpc) is 3.17. The lowest BCUT2D eigenvalue weighted by Gasteiger charge is -2.38. The Morgan fingerprint density at radius 1 is 1.09 bits per heavy atom. The zero-order chi connectivity index (χ0) is 24.7. The van der Waals surface area contributed by atoms with E-state index < -0.39 is 11.8 Å². The average molecular weight is 470 g/mol. The van der Waals surface area contributed by atoms with Gasteiger partial charge in [0.1, 0.15) is 11.9 Å². The Balaban J connectivity index is 1.34. The number of ether oxygens (including phenoxy) is 2. The van der Waals surface area contributed by atoms with Gasteiger partial charge in [-0.2, -0.15) is 0 Å². The van der Waals surface area contributed by atoms with Crippen molar-refractivity contribution in [1.29, 1.82) is 0 Å². The maximum absolute atomic E-state index is 15.0. The van der Waals surface area contributed by atoms with Crippen LogP contribution in [0.1, 0.15) is 32.6 Å². The number of aromatic nitrogens is 3. The molecule has 3 aromatic rings. The molecule has 35 heavy (non-hydrogen) atoms. The number of phenolic OH excluding ortho intramolecular Hbond substituents is 1. The zero-order valence-corrected chi connectivity index (χ0v) is 19.7. The van der Waals surface area contributed by atoms with Crippen molar-refractivity contribution in [2.75, 3.05) is 11.9 Å². The van der Waals surface area contributed by atoms with Crippen LogP contribution in [0.25, 0.3) is 22.5 Å². The van der Waals surface area contributed by atoms with Crippen LogP contribution >= 0.6 is 0 Å². The van der Waals surface area contributed by atoms with Crippen molar-refractivity contribution in [3.8, 4) is 39.8 Å². The Bertz CT molecular complexity index is 1230. The first-order chi connectivity index (χ1) is 16.8. The van der Waals surface area contributed by atoms with E-state index in [0.29, 0.717) is 22.9 Å². The maximum Gasteiger partial charge on any atom is 0.185 e. The third kappa shape index (κ3) is 4.54. The molecule has 1 saturated carbocycles. The number of hydrogen-bond donors (Lipinski definition) is 1. The van der Waals surface area contributed by atoms with Gasteiger partial charge < -0.3 is 19.5 Å². The summed E-state index contributed by atoms with van der Waals surface area (Å²) in [5.41, 5.74) is 0.259. The number of halogens is 1. The fourth-order valence-electron chi connectivity index (χ4n) is 4.90. The summed E-state index contributed by atoms with van der Waals surface area (Å²) in [5, 5.41) is 19.2. The normalized spacial score (nSPS) is 22.7. The molecule has 0 spiro atoms. The SMILES string of the molecule is [B]C1([B])Oc2ccc(-c3ccc(-c4ncc(N(C)[C@H]5CCC[C@@H](CC)[C@H]5F)nn4)c(O)c3)cc2O1. The number of nitrogens with zero attached hydrogens (tertiary/aromatic N) is 4. The van der Waals surface area contributed by atoms with Gasteiger partial charge in [-0.15, -0.1) is 10.2 Å². The number of fused-ring (bicyclic) bond motifs is 1. The van der Waals surface area contributed by atoms with Crippen molar-refractivity contribution in [1.82, 2.24) is 15.2 Å². The molecule has 3 atom stereocenters. The second kappa shape index (κ2) is 9.06. The maximum atomic E-state index is 15.0. The van der Waals surface area contributed by atoms with Crippen molar-refractivity contribution in [2.45, 2.75) is 50.4 Å². The molecule has 0 unspecified atom stereocenters. The van der Waals surface area contributed by atoms with Gasteiger partial charge in [0.2, 0.25) is 0 Å². The monoisotopic (exact) mass is 470 g/mol. The van der Waals surface area contributed by atoms with Gasteiger partial charge in [-0.25, -0.2) is 9.37 Å². The number of benzene rings is 2. The Kier molecular flexibility index (Phi) is 6.07. The largest absolute Gasteiger partial charge is 0.507 e. The van der Waals surface area contributed by atoms with Gasteiger partial charge >= 0.3 is 0 Å². The summed E-state index contributed by atoms with van der Waals surface area (Å²) in [6.45, 7) is 2.03. The van der Waals surface area contributed by atoms with E-state index in [9.17, 15) is 9.50 Å². The molecule has 1 aliphatic carbocycles. The number of alkyl halides is 1. The van der Waals surface area contributed by atoms with Crippen molar-refractivity contribution in [2.24, 2.45) is 5.92 Å². The van der Waals surface area contributed by atoms with E-state index >= 15 is 0 Å². The summed E-state index contributed by atoms with van der Waals surface area (Å²) < 4.78 is 25.7. The van der Waals surface area contributed by atoms with Crippen LogP contribution in [0.5, 0.6) is 17.2 Å². The first kappa shape index (κ1) is 23.5. The number of anilines is 1. The zero-order valence-electron chi connectivity index (χ0n) is 19.7. The minimum atomic E-state index is -1.70. The summed E-state index contributed by atoms with van der Waals surface area (Å²) in [6.07, 6.45) is 4.19. The lowest BCUT2D eigenvalue weighted by molar-refractivity contribution is 0.0833. The van der Waals surface area contributed by atoms with Gasteiger partial charge in [0, 0.05) is 7.05 Å². The van der Waals surface area contributed by atoms with Crippen molar-refractivity contribution < 1.29 is 19.0 Å².